The number of benzene rings is 2. The molecule has 0 radical (unpaired) electrons. The Hall–Kier alpha value is -3.85. The maximum atomic E-state index is 14.0. The monoisotopic (exact) mass is 577 g/mol. The van der Waals surface area contributed by atoms with Crippen molar-refractivity contribution in [3.63, 3.8) is 0 Å². The minimum atomic E-state index is -1.64. The van der Waals surface area contributed by atoms with Crippen molar-refractivity contribution in [3.05, 3.63) is 71.0 Å². The van der Waals surface area contributed by atoms with Crippen molar-refractivity contribution in [1.82, 2.24) is 4.90 Å². The number of unbranched alkanes of at least 4 members (excludes halogenated alkanes) is 1. The van der Waals surface area contributed by atoms with E-state index >= 15 is 0 Å². The lowest BCUT2D eigenvalue weighted by atomic mass is 9.72. The molecular formula is C33H39NO8. The number of carbonyl (C=O) groups is 3. The van der Waals surface area contributed by atoms with E-state index in [4.69, 9.17) is 23.7 Å². The molecule has 0 N–H and O–H groups in total. The predicted molar refractivity (Wildman–Crippen MR) is 154 cm³/mol. The Morgan fingerprint density at radius 2 is 1.52 bits per heavy atom. The fraction of sp³-hybridized carbons (Fsp3) is 0.485. The summed E-state index contributed by atoms with van der Waals surface area (Å²) < 4.78 is 28.2. The number of amides is 1. The first-order chi connectivity index (χ1) is 20.3. The third-order valence-electron chi connectivity index (χ3n) is 9.05. The van der Waals surface area contributed by atoms with Crippen LogP contribution in [0.1, 0.15) is 56.6 Å². The summed E-state index contributed by atoms with van der Waals surface area (Å²) in [7, 11) is 4.70. The average Bonchev–Trinajstić information content (AvgIpc) is 3.56. The highest BCUT2D eigenvalue weighted by Gasteiger charge is 2.76. The van der Waals surface area contributed by atoms with E-state index in [2.05, 4.69) is 0 Å². The fourth-order valence-corrected chi connectivity index (χ4v) is 7.02. The zero-order chi connectivity index (χ0) is 29.9. The molecule has 0 unspecified atom stereocenters. The lowest BCUT2D eigenvalue weighted by Crippen LogP contribution is -2.65. The van der Waals surface area contributed by atoms with Gasteiger partial charge < -0.3 is 28.6 Å². The minimum Gasteiger partial charge on any atom is -0.497 e. The number of ketones is 1. The second-order valence-electron chi connectivity index (χ2n) is 11.2. The van der Waals surface area contributed by atoms with Crippen molar-refractivity contribution in [1.29, 1.82) is 0 Å². The van der Waals surface area contributed by atoms with Gasteiger partial charge in [0.25, 0.3) is 0 Å². The summed E-state index contributed by atoms with van der Waals surface area (Å²) in [5.74, 6) is 0.695. The van der Waals surface area contributed by atoms with Crippen LogP contribution in [0.15, 0.2) is 59.9 Å². The summed E-state index contributed by atoms with van der Waals surface area (Å²) in [5, 5.41) is 0. The van der Waals surface area contributed by atoms with Crippen LogP contribution in [-0.4, -0.2) is 61.6 Å². The molecule has 1 saturated carbocycles. The van der Waals surface area contributed by atoms with E-state index in [0.29, 0.717) is 31.8 Å². The van der Waals surface area contributed by atoms with E-state index in [1.54, 1.807) is 26.0 Å². The largest absolute Gasteiger partial charge is 0.497 e. The van der Waals surface area contributed by atoms with Crippen molar-refractivity contribution in [2.24, 2.45) is 5.92 Å². The standard InChI is InChI=1S/C33H39NO8/c1-22-30(40-4)33(42-31(22)37)28(35)19-25(7-5-6-18-41-21-24-10-14-27(39-3)15-11-24)32(33)17-16-29(36)34(32)20-23-8-12-26(38-2)13-9-23/h8-15,25H,5-7,16-21H2,1-4H3/t25-,32+,33+/m1/s1. The van der Waals surface area contributed by atoms with Gasteiger partial charge in [-0.05, 0) is 67.5 Å². The lowest BCUT2D eigenvalue weighted by Gasteiger charge is -2.48. The Bertz CT molecular complexity index is 1350. The van der Waals surface area contributed by atoms with E-state index < -0.39 is 17.1 Å². The van der Waals surface area contributed by atoms with Crippen molar-refractivity contribution < 1.29 is 38.1 Å². The van der Waals surface area contributed by atoms with Gasteiger partial charge in [-0.2, -0.15) is 0 Å². The van der Waals surface area contributed by atoms with Crippen molar-refractivity contribution in [2.45, 2.75) is 69.7 Å². The average molecular weight is 578 g/mol. The van der Waals surface area contributed by atoms with E-state index in [0.717, 1.165) is 29.7 Å². The summed E-state index contributed by atoms with van der Waals surface area (Å²) in [6.45, 7) is 2.97. The molecule has 3 atom stereocenters. The quantitative estimate of drug-likeness (QED) is 0.263. The molecule has 1 saturated heterocycles. The van der Waals surface area contributed by atoms with Gasteiger partial charge in [-0.25, -0.2) is 4.79 Å². The van der Waals surface area contributed by atoms with E-state index in [1.807, 2.05) is 48.5 Å². The Balaban J connectivity index is 1.36. The number of rotatable bonds is 12. The molecule has 2 heterocycles. The van der Waals surface area contributed by atoms with Crippen LogP contribution < -0.4 is 9.47 Å². The Morgan fingerprint density at radius 3 is 2.14 bits per heavy atom. The van der Waals surface area contributed by atoms with Gasteiger partial charge in [0.2, 0.25) is 11.5 Å². The number of carbonyl (C=O) groups excluding carboxylic acids is 3. The van der Waals surface area contributed by atoms with Crippen LogP contribution in [0.2, 0.25) is 0 Å². The van der Waals surface area contributed by atoms with Gasteiger partial charge in [0, 0.05) is 26.0 Å². The SMILES string of the molecule is COC1=C(C)C(=O)O[C@@]12C(=O)C[C@@H](CCCCOCc1ccc(OC)cc1)[C@@]21CCC(=O)N1Cc1ccc(OC)cc1. The summed E-state index contributed by atoms with van der Waals surface area (Å²) in [6.07, 6.45) is 3.13. The summed E-state index contributed by atoms with van der Waals surface area (Å²) >= 11 is 0. The van der Waals surface area contributed by atoms with E-state index in [9.17, 15) is 14.4 Å². The molecule has 224 valence electrons. The molecule has 9 nitrogen and oxygen atoms in total. The molecular weight excluding hydrogens is 538 g/mol. The third kappa shape index (κ3) is 4.93. The van der Waals surface area contributed by atoms with Crippen LogP contribution in [0.3, 0.4) is 0 Å². The van der Waals surface area contributed by atoms with Gasteiger partial charge >= 0.3 is 5.97 Å². The Morgan fingerprint density at radius 1 is 0.881 bits per heavy atom. The van der Waals surface area contributed by atoms with Crippen LogP contribution in [-0.2, 0) is 41.7 Å². The number of hydrogen-bond acceptors (Lipinski definition) is 8. The second kappa shape index (κ2) is 12.2. The smallest absolute Gasteiger partial charge is 0.338 e. The van der Waals surface area contributed by atoms with Crippen LogP contribution in [0.5, 0.6) is 11.5 Å². The normalized spacial score (nSPS) is 25.2. The molecule has 2 aliphatic heterocycles. The zero-order valence-corrected chi connectivity index (χ0v) is 24.8. The first-order valence-electron chi connectivity index (χ1n) is 14.5. The molecule has 1 amide bonds. The summed E-state index contributed by atoms with van der Waals surface area (Å²) in [6, 6.07) is 15.3. The molecule has 9 heteroatoms. The number of hydrogen-bond donors (Lipinski definition) is 0. The molecule has 2 aromatic carbocycles. The Labute approximate surface area is 246 Å². The second-order valence-corrected chi connectivity index (χ2v) is 11.2. The van der Waals surface area contributed by atoms with E-state index in [-0.39, 0.29) is 48.3 Å². The number of ether oxygens (including phenoxy) is 5. The van der Waals surface area contributed by atoms with Gasteiger partial charge in [-0.3, -0.25) is 9.59 Å². The number of Topliss-reactive ketones (excluding diaryl/α,β-unsaturated/α-hetero) is 1. The van der Waals surface area contributed by atoms with Crippen molar-refractivity contribution >= 4 is 17.7 Å². The lowest BCUT2D eigenvalue weighted by molar-refractivity contribution is -0.173. The van der Waals surface area contributed by atoms with Crippen LogP contribution >= 0.6 is 0 Å². The molecule has 42 heavy (non-hydrogen) atoms. The summed E-state index contributed by atoms with van der Waals surface area (Å²) in [4.78, 5) is 42.3. The third-order valence-corrected chi connectivity index (χ3v) is 9.05. The first-order valence-corrected chi connectivity index (χ1v) is 14.5. The number of methoxy groups -OCH3 is 3. The van der Waals surface area contributed by atoms with Gasteiger partial charge in [-0.1, -0.05) is 30.7 Å². The van der Waals surface area contributed by atoms with Crippen LogP contribution in [0.4, 0.5) is 0 Å². The molecule has 2 aromatic rings. The zero-order valence-electron chi connectivity index (χ0n) is 24.8. The molecule has 0 bridgehead atoms. The maximum absolute atomic E-state index is 14.0. The highest BCUT2D eigenvalue weighted by Crippen LogP contribution is 2.60. The number of likely N-dealkylation sites (tertiary alicyclic amines) is 1. The van der Waals surface area contributed by atoms with Gasteiger partial charge in [0.05, 0.1) is 33.5 Å². The van der Waals surface area contributed by atoms with Gasteiger partial charge in [0.15, 0.2) is 11.5 Å². The molecule has 1 aliphatic carbocycles. The van der Waals surface area contributed by atoms with Crippen LogP contribution in [0, 0.1) is 5.92 Å². The summed E-state index contributed by atoms with van der Waals surface area (Å²) in [5.41, 5.74) is -0.439. The Kier molecular flexibility index (Phi) is 8.59. The maximum Gasteiger partial charge on any atom is 0.338 e. The highest BCUT2D eigenvalue weighted by atomic mass is 16.6. The molecule has 2 fully saturated rings. The molecule has 3 aliphatic rings. The molecule has 2 spiro atoms. The number of fused-ring (bicyclic) bond motifs is 1. The number of nitrogens with zero attached hydrogens (tertiary/aromatic N) is 1. The van der Waals surface area contributed by atoms with Gasteiger partial charge in [0.1, 0.15) is 17.0 Å². The number of esters is 1. The highest BCUT2D eigenvalue weighted by molar-refractivity contribution is 6.05. The predicted octanol–water partition coefficient (Wildman–Crippen LogP) is 4.76. The topological polar surface area (TPSA) is 101 Å². The van der Waals surface area contributed by atoms with Crippen molar-refractivity contribution in [3.8, 4) is 11.5 Å². The first kappa shape index (κ1) is 29.6. The molecule has 0 aromatic heterocycles. The van der Waals surface area contributed by atoms with Crippen molar-refractivity contribution in [2.75, 3.05) is 27.9 Å². The molecule has 5 rings (SSSR count). The van der Waals surface area contributed by atoms with E-state index in [1.165, 1.54) is 7.11 Å². The van der Waals surface area contributed by atoms with Crippen LogP contribution in [0.25, 0.3) is 0 Å². The minimum absolute atomic E-state index is 0.0660. The van der Waals surface area contributed by atoms with Gasteiger partial charge in [-0.15, -0.1) is 0 Å². The fourth-order valence-electron chi connectivity index (χ4n) is 7.02.